The molecule has 0 saturated heterocycles. The van der Waals surface area contributed by atoms with Crippen molar-refractivity contribution in [1.29, 1.82) is 0 Å². The third-order valence-electron chi connectivity index (χ3n) is 4.58. The normalized spacial score (nSPS) is 17.6. The van der Waals surface area contributed by atoms with E-state index >= 15 is 0 Å². The minimum absolute atomic E-state index is 0.0874. The average molecular weight is 317 g/mol. The molecule has 1 aliphatic rings. The van der Waals surface area contributed by atoms with Gasteiger partial charge in [0.1, 0.15) is 17.4 Å². The topological polar surface area (TPSA) is 85.8 Å². The SMILES string of the molecule is Cc1noc(C)c1CCC(=O)NC1CCc2nnc(C)n2CC1. The lowest BCUT2D eigenvalue weighted by atomic mass is 10.1. The molecular formula is C16H23N5O2. The molecule has 1 unspecified atom stereocenters. The third-order valence-corrected chi connectivity index (χ3v) is 4.58. The van der Waals surface area contributed by atoms with Crippen LogP contribution in [-0.4, -0.2) is 31.9 Å². The van der Waals surface area contributed by atoms with Crippen LogP contribution in [0.4, 0.5) is 0 Å². The van der Waals surface area contributed by atoms with E-state index in [4.69, 9.17) is 4.52 Å². The van der Waals surface area contributed by atoms with Crippen LogP contribution in [-0.2, 0) is 24.2 Å². The van der Waals surface area contributed by atoms with Gasteiger partial charge in [-0.05, 0) is 40.0 Å². The quantitative estimate of drug-likeness (QED) is 0.926. The van der Waals surface area contributed by atoms with Crippen molar-refractivity contribution in [3.63, 3.8) is 0 Å². The second kappa shape index (κ2) is 6.52. The van der Waals surface area contributed by atoms with E-state index < -0.39 is 0 Å². The molecule has 124 valence electrons. The van der Waals surface area contributed by atoms with E-state index in [-0.39, 0.29) is 11.9 Å². The molecule has 2 aromatic rings. The van der Waals surface area contributed by atoms with Crippen molar-refractivity contribution in [2.45, 2.75) is 65.5 Å². The number of carbonyl (C=O) groups excluding carboxylic acids is 1. The molecule has 2 aromatic heterocycles. The maximum atomic E-state index is 12.2. The van der Waals surface area contributed by atoms with Crippen molar-refractivity contribution in [1.82, 2.24) is 25.2 Å². The van der Waals surface area contributed by atoms with Crippen molar-refractivity contribution >= 4 is 5.91 Å². The number of hydrogen-bond acceptors (Lipinski definition) is 5. The van der Waals surface area contributed by atoms with Crippen molar-refractivity contribution in [2.75, 3.05) is 0 Å². The van der Waals surface area contributed by atoms with Crippen LogP contribution in [0.25, 0.3) is 0 Å². The molecule has 7 nitrogen and oxygen atoms in total. The second-order valence-corrected chi connectivity index (χ2v) is 6.21. The van der Waals surface area contributed by atoms with Gasteiger partial charge in [-0.2, -0.15) is 0 Å². The molecule has 0 bridgehead atoms. The summed E-state index contributed by atoms with van der Waals surface area (Å²) in [6.07, 6.45) is 3.82. The summed E-state index contributed by atoms with van der Waals surface area (Å²) < 4.78 is 7.28. The number of rotatable bonds is 4. The number of carbonyl (C=O) groups is 1. The molecular weight excluding hydrogens is 294 g/mol. The van der Waals surface area contributed by atoms with Gasteiger partial charge in [0.05, 0.1) is 5.69 Å². The van der Waals surface area contributed by atoms with Crippen LogP contribution >= 0.6 is 0 Å². The summed E-state index contributed by atoms with van der Waals surface area (Å²) in [7, 11) is 0. The van der Waals surface area contributed by atoms with Crippen molar-refractivity contribution in [3.8, 4) is 0 Å². The summed E-state index contributed by atoms with van der Waals surface area (Å²) in [5, 5.41) is 15.4. The van der Waals surface area contributed by atoms with Crippen molar-refractivity contribution < 1.29 is 9.32 Å². The van der Waals surface area contributed by atoms with Crippen LogP contribution < -0.4 is 5.32 Å². The largest absolute Gasteiger partial charge is 0.361 e. The number of hydrogen-bond donors (Lipinski definition) is 1. The Morgan fingerprint density at radius 3 is 2.87 bits per heavy atom. The standard InChI is InChI=1S/C16H23N5O2/c1-10-14(11(2)23-20-10)5-7-16(22)17-13-4-6-15-19-18-12(3)21(15)9-8-13/h13H,4-9H2,1-3H3,(H,17,22). The Kier molecular flexibility index (Phi) is 4.45. The van der Waals surface area contributed by atoms with Gasteiger partial charge in [0.25, 0.3) is 0 Å². The van der Waals surface area contributed by atoms with Gasteiger partial charge in [0.2, 0.25) is 5.91 Å². The minimum Gasteiger partial charge on any atom is -0.361 e. The lowest BCUT2D eigenvalue weighted by Gasteiger charge is -2.16. The Balaban J connectivity index is 1.51. The molecule has 7 heteroatoms. The van der Waals surface area contributed by atoms with Gasteiger partial charge < -0.3 is 14.4 Å². The summed E-state index contributed by atoms with van der Waals surface area (Å²) in [5.74, 6) is 2.86. The molecule has 1 aliphatic heterocycles. The molecule has 3 heterocycles. The molecule has 0 fully saturated rings. The van der Waals surface area contributed by atoms with E-state index in [9.17, 15) is 4.79 Å². The van der Waals surface area contributed by atoms with Crippen molar-refractivity contribution in [2.24, 2.45) is 0 Å². The first-order valence-corrected chi connectivity index (χ1v) is 8.14. The van der Waals surface area contributed by atoms with Gasteiger partial charge in [-0.3, -0.25) is 4.79 Å². The van der Waals surface area contributed by atoms with E-state index in [1.54, 1.807) is 0 Å². The molecule has 0 aliphatic carbocycles. The molecule has 1 atom stereocenters. The van der Waals surface area contributed by atoms with E-state index in [0.717, 1.165) is 54.5 Å². The Labute approximate surface area is 135 Å². The maximum absolute atomic E-state index is 12.2. The molecule has 0 aromatic carbocycles. The fourth-order valence-electron chi connectivity index (χ4n) is 3.17. The van der Waals surface area contributed by atoms with Crippen LogP contribution in [0.2, 0.25) is 0 Å². The van der Waals surface area contributed by atoms with E-state index in [0.29, 0.717) is 12.8 Å². The molecule has 0 radical (unpaired) electrons. The van der Waals surface area contributed by atoms with Gasteiger partial charge in [-0.15, -0.1) is 10.2 Å². The third kappa shape index (κ3) is 3.43. The van der Waals surface area contributed by atoms with Gasteiger partial charge in [0, 0.05) is 31.0 Å². The van der Waals surface area contributed by atoms with Crippen LogP contribution in [0, 0.1) is 20.8 Å². The van der Waals surface area contributed by atoms with Crippen LogP contribution in [0.15, 0.2) is 4.52 Å². The Hall–Kier alpha value is -2.18. The molecule has 1 N–H and O–H groups in total. The fourth-order valence-corrected chi connectivity index (χ4v) is 3.17. The van der Waals surface area contributed by atoms with Gasteiger partial charge in [-0.25, -0.2) is 0 Å². The highest BCUT2D eigenvalue weighted by Gasteiger charge is 2.20. The summed E-state index contributed by atoms with van der Waals surface area (Å²) in [4.78, 5) is 12.2. The number of fused-ring (bicyclic) bond motifs is 1. The lowest BCUT2D eigenvalue weighted by Crippen LogP contribution is -2.35. The average Bonchev–Trinajstić information content (AvgIpc) is 2.95. The number of aryl methyl sites for hydroxylation is 4. The Morgan fingerprint density at radius 1 is 1.30 bits per heavy atom. The number of amides is 1. The van der Waals surface area contributed by atoms with Crippen LogP contribution in [0.1, 0.15) is 47.9 Å². The first-order valence-electron chi connectivity index (χ1n) is 8.14. The fraction of sp³-hybridized carbons (Fsp3) is 0.625. The highest BCUT2D eigenvalue weighted by Crippen LogP contribution is 2.16. The zero-order valence-electron chi connectivity index (χ0n) is 13.9. The number of nitrogens with one attached hydrogen (secondary N) is 1. The summed E-state index contributed by atoms with van der Waals surface area (Å²) >= 11 is 0. The molecule has 23 heavy (non-hydrogen) atoms. The zero-order valence-corrected chi connectivity index (χ0v) is 13.9. The van der Waals surface area contributed by atoms with Gasteiger partial charge in [-0.1, -0.05) is 5.16 Å². The van der Waals surface area contributed by atoms with Crippen LogP contribution in [0.5, 0.6) is 0 Å². The number of nitrogens with zero attached hydrogens (tertiary/aromatic N) is 4. The highest BCUT2D eigenvalue weighted by atomic mass is 16.5. The van der Waals surface area contributed by atoms with E-state index in [2.05, 4.69) is 25.2 Å². The lowest BCUT2D eigenvalue weighted by molar-refractivity contribution is -0.121. The smallest absolute Gasteiger partial charge is 0.220 e. The van der Waals surface area contributed by atoms with Gasteiger partial charge >= 0.3 is 0 Å². The monoisotopic (exact) mass is 317 g/mol. The zero-order chi connectivity index (χ0) is 16.4. The summed E-state index contributed by atoms with van der Waals surface area (Å²) in [6, 6.07) is 0.202. The maximum Gasteiger partial charge on any atom is 0.220 e. The molecule has 1 amide bonds. The highest BCUT2D eigenvalue weighted by molar-refractivity contribution is 5.76. The summed E-state index contributed by atoms with van der Waals surface area (Å²) in [5.41, 5.74) is 1.92. The van der Waals surface area contributed by atoms with Crippen molar-refractivity contribution in [3.05, 3.63) is 28.7 Å². The van der Waals surface area contributed by atoms with Crippen LogP contribution in [0.3, 0.4) is 0 Å². The predicted octanol–water partition coefficient (Wildman–Crippen LogP) is 1.65. The molecule has 0 spiro atoms. The Morgan fingerprint density at radius 2 is 2.13 bits per heavy atom. The Bertz CT molecular complexity index is 684. The second-order valence-electron chi connectivity index (χ2n) is 6.21. The molecule has 3 rings (SSSR count). The van der Waals surface area contributed by atoms with E-state index in [1.807, 2.05) is 20.8 Å². The van der Waals surface area contributed by atoms with E-state index in [1.165, 1.54) is 0 Å². The first kappa shape index (κ1) is 15.7. The minimum atomic E-state index is 0.0874. The number of aromatic nitrogens is 4. The summed E-state index contributed by atoms with van der Waals surface area (Å²) in [6.45, 7) is 6.63. The predicted molar refractivity (Wildman–Crippen MR) is 83.9 cm³/mol. The molecule has 0 saturated carbocycles. The van der Waals surface area contributed by atoms with Gasteiger partial charge in [0.15, 0.2) is 0 Å². The first-order chi connectivity index (χ1) is 11.0.